The summed E-state index contributed by atoms with van der Waals surface area (Å²) in [5.74, 6) is 1.50. The Kier molecular flexibility index (Phi) is 6.92. The second kappa shape index (κ2) is 10.7. The predicted molar refractivity (Wildman–Crippen MR) is 148 cm³/mol. The monoisotopic (exact) mass is 552 g/mol. The van der Waals surface area contributed by atoms with Crippen LogP contribution in [-0.4, -0.2) is 84.6 Å². The van der Waals surface area contributed by atoms with E-state index in [1.165, 1.54) is 6.07 Å². The van der Waals surface area contributed by atoms with Gasteiger partial charge in [-0.3, -0.25) is 9.11 Å². The number of piperazine rings is 1. The number of furan rings is 1. The van der Waals surface area contributed by atoms with Crippen molar-refractivity contribution in [3.8, 4) is 17.2 Å². The molecule has 0 radical (unpaired) electrons. The molecule has 1 aliphatic rings. The van der Waals surface area contributed by atoms with Crippen LogP contribution in [0.5, 0.6) is 5.75 Å². The molecule has 2 N–H and O–H groups in total. The van der Waals surface area contributed by atoms with Gasteiger partial charge in [-0.05, 0) is 30.3 Å². The van der Waals surface area contributed by atoms with E-state index >= 15 is 0 Å². The van der Waals surface area contributed by atoms with E-state index in [4.69, 9.17) is 14.9 Å². The standard InChI is InChI=1S/C26H29FN8O3S/c1-39(36)14-13-37-18-4-5-21(19(27)15-18)33-9-6-32(7-10-33)8-11-34-17-29-24-22-16-20(23-3-2-12-38-23)31-35(22)26(28)30-25(24)34/h2-5,12,15-17H,6-11,13-14H2,1H3,(H2,28,30)/t39-/m0/s1. The number of halogens is 1. The average Bonchev–Trinajstić information content (AvgIpc) is 3.68. The molecule has 0 bridgehead atoms. The van der Waals surface area contributed by atoms with Gasteiger partial charge in [-0.2, -0.15) is 14.6 Å². The summed E-state index contributed by atoms with van der Waals surface area (Å²) in [6, 6.07) is 10.5. The van der Waals surface area contributed by atoms with Gasteiger partial charge in [0.1, 0.15) is 28.3 Å². The lowest BCUT2D eigenvalue weighted by Gasteiger charge is -2.36. The van der Waals surface area contributed by atoms with E-state index in [9.17, 15) is 8.60 Å². The third-order valence-electron chi connectivity index (χ3n) is 6.90. The zero-order valence-electron chi connectivity index (χ0n) is 21.5. The minimum Gasteiger partial charge on any atom is -0.493 e. The number of fused-ring (bicyclic) bond motifs is 3. The third-order valence-corrected chi connectivity index (χ3v) is 7.64. The van der Waals surface area contributed by atoms with Crippen molar-refractivity contribution < 1.29 is 17.8 Å². The topological polar surface area (TPSA) is 120 Å². The summed E-state index contributed by atoms with van der Waals surface area (Å²) >= 11 is 0. The average molecular weight is 553 g/mol. The molecule has 6 rings (SSSR count). The van der Waals surface area contributed by atoms with Crippen molar-refractivity contribution in [2.45, 2.75) is 6.54 Å². The molecule has 39 heavy (non-hydrogen) atoms. The lowest BCUT2D eigenvalue weighted by Crippen LogP contribution is -2.47. The Morgan fingerprint density at radius 3 is 2.74 bits per heavy atom. The van der Waals surface area contributed by atoms with Crippen molar-refractivity contribution in [3.05, 3.63) is 54.8 Å². The summed E-state index contributed by atoms with van der Waals surface area (Å²) in [4.78, 5) is 13.6. The summed E-state index contributed by atoms with van der Waals surface area (Å²) < 4.78 is 40.6. The highest BCUT2D eigenvalue weighted by molar-refractivity contribution is 7.84. The van der Waals surface area contributed by atoms with Crippen molar-refractivity contribution in [1.82, 2.24) is 29.0 Å². The minimum absolute atomic E-state index is 0.282. The van der Waals surface area contributed by atoms with E-state index in [1.54, 1.807) is 35.5 Å². The first kappa shape index (κ1) is 25.3. The second-order valence-corrected chi connectivity index (χ2v) is 11.0. The number of hydrogen-bond acceptors (Lipinski definition) is 9. The molecule has 5 aromatic rings. The number of rotatable bonds is 9. The number of aromatic nitrogens is 5. The highest BCUT2D eigenvalue weighted by Crippen LogP contribution is 2.27. The molecule has 1 aliphatic heterocycles. The Labute approximate surface area is 226 Å². The number of anilines is 2. The molecule has 0 spiro atoms. The van der Waals surface area contributed by atoms with Gasteiger partial charge in [0.15, 0.2) is 11.4 Å². The lowest BCUT2D eigenvalue weighted by atomic mass is 10.2. The fourth-order valence-electron chi connectivity index (χ4n) is 4.83. The van der Waals surface area contributed by atoms with Gasteiger partial charge in [0.05, 0.1) is 30.6 Å². The number of benzene rings is 1. The van der Waals surface area contributed by atoms with Crippen LogP contribution in [0.4, 0.5) is 16.0 Å². The summed E-state index contributed by atoms with van der Waals surface area (Å²) in [6.45, 7) is 4.84. The molecule has 11 nitrogen and oxygen atoms in total. The van der Waals surface area contributed by atoms with Crippen LogP contribution in [0.2, 0.25) is 0 Å². The fourth-order valence-corrected chi connectivity index (χ4v) is 5.15. The van der Waals surface area contributed by atoms with Crippen molar-refractivity contribution in [3.63, 3.8) is 0 Å². The van der Waals surface area contributed by atoms with Gasteiger partial charge < -0.3 is 24.4 Å². The molecule has 0 saturated carbocycles. The van der Waals surface area contributed by atoms with E-state index in [2.05, 4.69) is 24.9 Å². The van der Waals surface area contributed by atoms with Crippen LogP contribution >= 0.6 is 0 Å². The molecular formula is C26H29FN8O3S. The fraction of sp³-hybridized carbons (Fsp3) is 0.346. The van der Waals surface area contributed by atoms with E-state index < -0.39 is 10.8 Å². The Hall–Kier alpha value is -3.97. The normalized spacial score (nSPS) is 15.4. The maximum Gasteiger partial charge on any atom is 0.223 e. The first-order valence-electron chi connectivity index (χ1n) is 12.7. The highest BCUT2D eigenvalue weighted by atomic mass is 32.2. The van der Waals surface area contributed by atoms with Crippen molar-refractivity contribution >= 4 is 39.1 Å². The quantitative estimate of drug-likeness (QED) is 0.294. The molecule has 1 saturated heterocycles. The highest BCUT2D eigenvalue weighted by Gasteiger charge is 2.21. The maximum atomic E-state index is 14.8. The van der Waals surface area contributed by atoms with Gasteiger partial charge in [-0.25, -0.2) is 9.37 Å². The number of ether oxygens (including phenoxy) is 1. The van der Waals surface area contributed by atoms with Crippen molar-refractivity contribution in [2.75, 3.05) is 62.0 Å². The van der Waals surface area contributed by atoms with E-state index in [-0.39, 0.29) is 11.8 Å². The van der Waals surface area contributed by atoms with Gasteiger partial charge >= 0.3 is 0 Å². The van der Waals surface area contributed by atoms with Gasteiger partial charge in [0, 0.05) is 62.4 Å². The number of nitrogens with two attached hydrogens (primary N) is 1. The lowest BCUT2D eigenvalue weighted by molar-refractivity contribution is 0.248. The first-order valence-corrected chi connectivity index (χ1v) is 14.4. The first-order chi connectivity index (χ1) is 19.0. The number of imidazole rings is 1. The molecule has 13 heteroatoms. The Balaban J connectivity index is 1.08. The molecule has 0 amide bonds. The number of nitrogens with zero attached hydrogens (tertiary/aromatic N) is 7. The van der Waals surface area contributed by atoms with Gasteiger partial charge in [0.2, 0.25) is 5.95 Å². The summed E-state index contributed by atoms with van der Waals surface area (Å²) in [6.07, 6.45) is 5.01. The third kappa shape index (κ3) is 5.19. The molecule has 204 valence electrons. The van der Waals surface area contributed by atoms with Crippen LogP contribution in [0.1, 0.15) is 0 Å². The van der Waals surface area contributed by atoms with Crippen LogP contribution in [0, 0.1) is 5.82 Å². The maximum absolute atomic E-state index is 14.8. The molecule has 5 heterocycles. The zero-order valence-corrected chi connectivity index (χ0v) is 22.3. The Bertz CT molecular complexity index is 1630. The molecule has 4 aromatic heterocycles. The van der Waals surface area contributed by atoms with Gasteiger partial charge in [-0.1, -0.05) is 0 Å². The van der Waals surface area contributed by atoms with Crippen LogP contribution in [0.15, 0.2) is 53.4 Å². The molecule has 0 unspecified atom stereocenters. The molecular weight excluding hydrogens is 523 g/mol. The Morgan fingerprint density at radius 1 is 1.15 bits per heavy atom. The van der Waals surface area contributed by atoms with E-state index in [0.29, 0.717) is 60.5 Å². The van der Waals surface area contributed by atoms with E-state index in [1.807, 2.05) is 22.8 Å². The van der Waals surface area contributed by atoms with Crippen molar-refractivity contribution in [2.24, 2.45) is 0 Å². The van der Waals surface area contributed by atoms with Crippen LogP contribution < -0.4 is 15.4 Å². The smallest absolute Gasteiger partial charge is 0.223 e. The summed E-state index contributed by atoms with van der Waals surface area (Å²) in [5.41, 5.74) is 9.68. The molecule has 1 atom stereocenters. The number of nitrogen functional groups attached to an aromatic ring is 1. The van der Waals surface area contributed by atoms with E-state index in [0.717, 1.165) is 30.7 Å². The minimum atomic E-state index is -0.939. The summed E-state index contributed by atoms with van der Waals surface area (Å²) in [5, 5.41) is 4.52. The summed E-state index contributed by atoms with van der Waals surface area (Å²) in [7, 11) is -0.939. The van der Waals surface area contributed by atoms with Crippen LogP contribution in [0.3, 0.4) is 0 Å². The second-order valence-electron chi connectivity index (χ2n) is 9.45. The largest absolute Gasteiger partial charge is 0.493 e. The molecule has 1 fully saturated rings. The van der Waals surface area contributed by atoms with Gasteiger partial charge in [0.25, 0.3) is 0 Å². The van der Waals surface area contributed by atoms with Crippen LogP contribution in [-0.2, 0) is 17.3 Å². The zero-order chi connectivity index (χ0) is 26.9. The SMILES string of the molecule is C[S@](=O)CCOc1ccc(N2CCN(CCn3cnc4c3nc(N)n3nc(-c5ccco5)cc43)CC2)c(F)c1. The molecule has 0 aliphatic carbocycles. The number of hydrogen-bond donors (Lipinski definition) is 1. The van der Waals surface area contributed by atoms with Crippen molar-refractivity contribution in [1.29, 1.82) is 0 Å². The predicted octanol–water partition coefficient (Wildman–Crippen LogP) is 2.64. The van der Waals surface area contributed by atoms with Crippen LogP contribution in [0.25, 0.3) is 28.1 Å². The molecule has 1 aromatic carbocycles. The van der Waals surface area contributed by atoms with Gasteiger partial charge in [-0.15, -0.1) is 0 Å². The Morgan fingerprint density at radius 2 is 2.00 bits per heavy atom.